The zero-order valence-electron chi connectivity index (χ0n) is 21.0. The molecule has 0 radical (unpaired) electrons. The van der Waals surface area contributed by atoms with Crippen LogP contribution >= 0.6 is 0 Å². The van der Waals surface area contributed by atoms with Gasteiger partial charge in [0.1, 0.15) is 5.82 Å². The highest BCUT2D eigenvalue weighted by molar-refractivity contribution is 6.22. The Morgan fingerprint density at radius 3 is 2.08 bits per heavy atom. The minimum absolute atomic E-state index is 0.939. The molecule has 8 aromatic rings. The van der Waals surface area contributed by atoms with E-state index in [1.807, 2.05) is 24.7 Å². The second-order valence-electron chi connectivity index (χ2n) is 9.78. The summed E-state index contributed by atoms with van der Waals surface area (Å²) in [5.74, 6) is 0.940. The summed E-state index contributed by atoms with van der Waals surface area (Å²) < 4.78 is 2.31. The lowest BCUT2D eigenvalue weighted by atomic mass is 10.0. The van der Waals surface area contributed by atoms with E-state index in [0.717, 1.165) is 44.6 Å². The van der Waals surface area contributed by atoms with Crippen molar-refractivity contribution in [3.63, 3.8) is 0 Å². The number of hydrogen-bond donors (Lipinski definition) is 0. The molecule has 0 unspecified atom stereocenters. The number of aromatic nitrogens is 4. The number of pyridine rings is 3. The zero-order valence-corrected chi connectivity index (χ0v) is 21.0. The lowest BCUT2D eigenvalue weighted by Gasteiger charge is -2.10. The van der Waals surface area contributed by atoms with Crippen LogP contribution in [0.15, 0.2) is 134 Å². The molecule has 182 valence electrons. The Morgan fingerprint density at radius 1 is 0.487 bits per heavy atom. The minimum atomic E-state index is 0.939. The van der Waals surface area contributed by atoms with Gasteiger partial charge in [0, 0.05) is 57.6 Å². The molecule has 0 spiro atoms. The summed E-state index contributed by atoms with van der Waals surface area (Å²) in [4.78, 5) is 14.0. The summed E-state index contributed by atoms with van der Waals surface area (Å²) in [6.45, 7) is 0. The number of hydrogen-bond acceptors (Lipinski definition) is 3. The molecule has 0 aliphatic rings. The van der Waals surface area contributed by atoms with Crippen LogP contribution in [-0.2, 0) is 0 Å². The second-order valence-corrected chi connectivity index (χ2v) is 9.78. The van der Waals surface area contributed by atoms with Gasteiger partial charge in [0.05, 0.1) is 16.7 Å². The highest BCUT2D eigenvalue weighted by atomic mass is 15.1. The van der Waals surface area contributed by atoms with Crippen LogP contribution in [0.3, 0.4) is 0 Å². The Labute approximate surface area is 224 Å². The number of nitrogens with zero attached hydrogens (tertiary/aromatic N) is 4. The molecule has 0 N–H and O–H groups in total. The van der Waals surface area contributed by atoms with Gasteiger partial charge in [0.25, 0.3) is 0 Å². The van der Waals surface area contributed by atoms with Crippen molar-refractivity contribution < 1.29 is 0 Å². The van der Waals surface area contributed by atoms with Gasteiger partial charge in [-0.3, -0.25) is 14.5 Å². The predicted octanol–water partition coefficient (Wildman–Crippen LogP) is 8.61. The average Bonchev–Trinajstić information content (AvgIpc) is 3.35. The summed E-state index contributed by atoms with van der Waals surface area (Å²) in [5, 5.41) is 7.17. The van der Waals surface area contributed by atoms with E-state index in [-0.39, 0.29) is 0 Å². The molecule has 4 heteroatoms. The van der Waals surface area contributed by atoms with Gasteiger partial charge in [-0.2, -0.15) is 0 Å². The maximum absolute atomic E-state index is 4.89. The fraction of sp³-hybridized carbons (Fsp3) is 0. The van der Waals surface area contributed by atoms with Gasteiger partial charge in [-0.1, -0.05) is 72.8 Å². The van der Waals surface area contributed by atoms with Crippen LogP contribution in [0.25, 0.3) is 71.6 Å². The Morgan fingerprint density at radius 2 is 1.26 bits per heavy atom. The molecular formula is C35H22N4. The summed E-state index contributed by atoms with van der Waals surface area (Å²) in [7, 11) is 0. The van der Waals surface area contributed by atoms with Gasteiger partial charge in [0.2, 0.25) is 0 Å². The van der Waals surface area contributed by atoms with E-state index in [1.54, 1.807) is 6.20 Å². The monoisotopic (exact) mass is 498 g/mol. The normalized spacial score (nSPS) is 11.6. The first-order valence-electron chi connectivity index (χ1n) is 13.0. The third kappa shape index (κ3) is 3.42. The van der Waals surface area contributed by atoms with Gasteiger partial charge in [0.15, 0.2) is 0 Å². The third-order valence-electron chi connectivity index (χ3n) is 7.57. The molecule has 39 heavy (non-hydrogen) atoms. The van der Waals surface area contributed by atoms with E-state index in [0.29, 0.717) is 0 Å². The van der Waals surface area contributed by atoms with Crippen molar-refractivity contribution in [1.82, 2.24) is 19.5 Å². The number of fused-ring (bicyclic) bond motifs is 6. The van der Waals surface area contributed by atoms with Crippen LogP contribution in [-0.4, -0.2) is 19.5 Å². The Kier molecular flexibility index (Phi) is 4.79. The molecule has 0 aliphatic heterocycles. The van der Waals surface area contributed by atoms with Gasteiger partial charge in [-0.25, -0.2) is 4.98 Å². The lowest BCUT2D eigenvalue weighted by Crippen LogP contribution is -1.98. The van der Waals surface area contributed by atoms with Crippen molar-refractivity contribution in [2.75, 3.05) is 0 Å². The quantitative estimate of drug-likeness (QED) is 0.245. The van der Waals surface area contributed by atoms with Gasteiger partial charge < -0.3 is 0 Å². The van der Waals surface area contributed by atoms with Crippen LogP contribution in [0.2, 0.25) is 0 Å². The largest absolute Gasteiger partial charge is 0.293 e. The van der Waals surface area contributed by atoms with Crippen LogP contribution in [0, 0.1) is 0 Å². The average molecular weight is 499 g/mol. The molecule has 4 nitrogen and oxygen atoms in total. The molecular weight excluding hydrogens is 476 g/mol. The number of rotatable bonds is 3. The molecule has 0 aliphatic carbocycles. The van der Waals surface area contributed by atoms with Crippen LogP contribution in [0.5, 0.6) is 0 Å². The van der Waals surface area contributed by atoms with E-state index >= 15 is 0 Å². The van der Waals surface area contributed by atoms with Crippen LogP contribution in [0.4, 0.5) is 0 Å². The maximum Gasteiger partial charge on any atom is 0.145 e. The summed E-state index contributed by atoms with van der Waals surface area (Å²) in [5.41, 5.74) is 6.40. The van der Waals surface area contributed by atoms with Gasteiger partial charge in [-0.15, -0.1) is 0 Å². The van der Waals surface area contributed by atoms with Crippen molar-refractivity contribution in [2.45, 2.75) is 0 Å². The second kappa shape index (κ2) is 8.61. The summed E-state index contributed by atoms with van der Waals surface area (Å²) >= 11 is 0. The van der Waals surface area contributed by atoms with Crippen LogP contribution in [0.1, 0.15) is 0 Å². The van der Waals surface area contributed by atoms with E-state index in [4.69, 9.17) is 9.97 Å². The SMILES string of the molecule is c1cncc(-c2ccc(-c3ccc4c(c3)c3c5ccccc5ccc3n4-c3nccc4ccccc34)nc2)c1. The van der Waals surface area contributed by atoms with Crippen molar-refractivity contribution in [2.24, 2.45) is 0 Å². The molecule has 8 rings (SSSR count). The fourth-order valence-electron chi connectivity index (χ4n) is 5.73. The third-order valence-corrected chi connectivity index (χ3v) is 7.57. The smallest absolute Gasteiger partial charge is 0.145 e. The fourth-order valence-corrected chi connectivity index (χ4v) is 5.73. The van der Waals surface area contributed by atoms with Crippen molar-refractivity contribution >= 4 is 43.4 Å². The summed E-state index contributed by atoms with van der Waals surface area (Å²) in [6, 6.07) is 38.4. The molecule has 0 saturated carbocycles. The highest BCUT2D eigenvalue weighted by Gasteiger charge is 2.18. The van der Waals surface area contributed by atoms with E-state index < -0.39 is 0 Å². The predicted molar refractivity (Wildman–Crippen MR) is 160 cm³/mol. The standard InChI is InChI=1S/C35H22N4/c1-3-9-28-23(6-1)12-16-33-34(28)30-20-25(31-14-11-27(22-38-31)26-8-5-18-36-21-26)13-15-32(30)39(33)35-29-10-4-2-7-24(29)17-19-37-35/h1-22H. The van der Waals surface area contributed by atoms with E-state index in [1.165, 1.54) is 26.9 Å². The Hall–Kier alpha value is -5.35. The molecule has 4 aromatic carbocycles. The summed E-state index contributed by atoms with van der Waals surface area (Å²) in [6.07, 6.45) is 7.48. The first-order valence-corrected chi connectivity index (χ1v) is 13.0. The lowest BCUT2D eigenvalue weighted by molar-refractivity contribution is 1.10. The topological polar surface area (TPSA) is 43.6 Å². The van der Waals surface area contributed by atoms with Gasteiger partial charge >= 0.3 is 0 Å². The molecule has 0 saturated heterocycles. The number of benzene rings is 4. The zero-order chi connectivity index (χ0) is 25.8. The van der Waals surface area contributed by atoms with Crippen molar-refractivity contribution in [3.05, 3.63) is 134 Å². The maximum atomic E-state index is 4.89. The van der Waals surface area contributed by atoms with Crippen molar-refractivity contribution in [1.29, 1.82) is 0 Å². The molecule has 0 bridgehead atoms. The molecule has 4 aromatic heterocycles. The van der Waals surface area contributed by atoms with E-state index in [2.05, 4.69) is 113 Å². The highest BCUT2D eigenvalue weighted by Crippen LogP contribution is 2.39. The first-order chi connectivity index (χ1) is 19.3. The first kappa shape index (κ1) is 21.7. The minimum Gasteiger partial charge on any atom is -0.293 e. The van der Waals surface area contributed by atoms with Gasteiger partial charge in [-0.05, 0) is 52.6 Å². The Bertz CT molecular complexity index is 2160. The van der Waals surface area contributed by atoms with Crippen LogP contribution < -0.4 is 0 Å². The Balaban J connectivity index is 1.40. The van der Waals surface area contributed by atoms with E-state index in [9.17, 15) is 0 Å². The molecule has 0 amide bonds. The molecule has 0 fully saturated rings. The van der Waals surface area contributed by atoms with Crippen molar-refractivity contribution in [3.8, 4) is 28.2 Å². The molecule has 4 heterocycles. The molecule has 0 atom stereocenters.